The molecule has 2 unspecified atom stereocenters. The molecule has 0 aromatic carbocycles. The average Bonchev–Trinajstić information content (AvgIpc) is 2.18. The Morgan fingerprint density at radius 3 is 2.73 bits per heavy atom. The fraction of sp³-hybridized carbons (Fsp3) is 0.917. The SMILES string of the molecule is CC(C)C(C)NC(=O)CC1CCCNC1. The number of rotatable bonds is 4. The summed E-state index contributed by atoms with van der Waals surface area (Å²) in [6, 6.07) is 0.286. The van der Waals surface area contributed by atoms with Gasteiger partial charge in [-0.15, -0.1) is 0 Å². The molecule has 1 aliphatic heterocycles. The Labute approximate surface area is 93.0 Å². The molecule has 1 heterocycles. The largest absolute Gasteiger partial charge is 0.353 e. The van der Waals surface area contributed by atoms with Gasteiger partial charge >= 0.3 is 0 Å². The van der Waals surface area contributed by atoms with Crippen LogP contribution in [0.4, 0.5) is 0 Å². The molecule has 2 N–H and O–H groups in total. The van der Waals surface area contributed by atoms with Crippen LogP contribution in [0.2, 0.25) is 0 Å². The Balaban J connectivity index is 2.22. The maximum absolute atomic E-state index is 11.7. The fourth-order valence-electron chi connectivity index (χ4n) is 1.84. The van der Waals surface area contributed by atoms with Gasteiger partial charge in [-0.2, -0.15) is 0 Å². The molecule has 1 fully saturated rings. The van der Waals surface area contributed by atoms with Gasteiger partial charge < -0.3 is 10.6 Å². The molecule has 0 bridgehead atoms. The summed E-state index contributed by atoms with van der Waals surface area (Å²) in [5.74, 6) is 1.27. The summed E-state index contributed by atoms with van der Waals surface area (Å²) in [7, 11) is 0. The van der Waals surface area contributed by atoms with Crippen LogP contribution in [-0.4, -0.2) is 25.0 Å². The molecule has 88 valence electrons. The second-order valence-electron chi connectivity index (χ2n) is 5.02. The van der Waals surface area contributed by atoms with E-state index in [1.54, 1.807) is 0 Å². The summed E-state index contributed by atoms with van der Waals surface area (Å²) in [6.07, 6.45) is 3.08. The number of hydrogen-bond donors (Lipinski definition) is 2. The minimum absolute atomic E-state index is 0.213. The number of carbonyl (C=O) groups is 1. The zero-order valence-corrected chi connectivity index (χ0v) is 10.2. The molecule has 0 aliphatic carbocycles. The van der Waals surface area contributed by atoms with Crippen molar-refractivity contribution in [3.05, 3.63) is 0 Å². The van der Waals surface area contributed by atoms with Crippen molar-refractivity contribution in [1.29, 1.82) is 0 Å². The topological polar surface area (TPSA) is 41.1 Å². The van der Waals surface area contributed by atoms with Crippen LogP contribution < -0.4 is 10.6 Å². The highest BCUT2D eigenvalue weighted by atomic mass is 16.1. The Kier molecular flexibility index (Phi) is 5.09. The van der Waals surface area contributed by atoms with Crippen molar-refractivity contribution in [2.45, 2.75) is 46.1 Å². The number of piperidine rings is 1. The van der Waals surface area contributed by atoms with Crippen molar-refractivity contribution in [3.8, 4) is 0 Å². The minimum Gasteiger partial charge on any atom is -0.353 e. The standard InChI is InChI=1S/C12H24N2O/c1-9(2)10(3)14-12(15)7-11-5-4-6-13-8-11/h9-11,13H,4-8H2,1-3H3,(H,14,15). The van der Waals surface area contributed by atoms with Crippen LogP contribution in [0.25, 0.3) is 0 Å². The lowest BCUT2D eigenvalue weighted by Crippen LogP contribution is -2.39. The van der Waals surface area contributed by atoms with Gasteiger partial charge in [-0.1, -0.05) is 13.8 Å². The quantitative estimate of drug-likeness (QED) is 0.742. The van der Waals surface area contributed by atoms with Gasteiger partial charge in [-0.25, -0.2) is 0 Å². The second-order valence-corrected chi connectivity index (χ2v) is 5.02. The van der Waals surface area contributed by atoms with E-state index in [1.807, 2.05) is 0 Å². The molecule has 3 nitrogen and oxygen atoms in total. The van der Waals surface area contributed by atoms with Gasteiger partial charge in [0.05, 0.1) is 0 Å². The molecule has 0 aromatic rings. The van der Waals surface area contributed by atoms with Crippen LogP contribution in [0.5, 0.6) is 0 Å². The molecule has 15 heavy (non-hydrogen) atoms. The first-order valence-electron chi connectivity index (χ1n) is 6.09. The number of nitrogens with one attached hydrogen (secondary N) is 2. The molecule has 2 atom stereocenters. The van der Waals surface area contributed by atoms with E-state index in [0.717, 1.165) is 13.1 Å². The van der Waals surface area contributed by atoms with Crippen LogP contribution in [0.3, 0.4) is 0 Å². The zero-order valence-electron chi connectivity index (χ0n) is 10.2. The first kappa shape index (κ1) is 12.5. The Morgan fingerprint density at radius 1 is 1.47 bits per heavy atom. The average molecular weight is 212 g/mol. The van der Waals surface area contributed by atoms with E-state index in [9.17, 15) is 4.79 Å². The molecule has 1 amide bonds. The molecule has 0 saturated carbocycles. The third-order valence-electron chi connectivity index (χ3n) is 3.26. The van der Waals surface area contributed by atoms with Gasteiger partial charge in [-0.3, -0.25) is 4.79 Å². The van der Waals surface area contributed by atoms with Crippen LogP contribution >= 0.6 is 0 Å². The van der Waals surface area contributed by atoms with Crippen LogP contribution in [0.1, 0.15) is 40.0 Å². The summed E-state index contributed by atoms with van der Waals surface area (Å²) >= 11 is 0. The van der Waals surface area contributed by atoms with Crippen LogP contribution in [0, 0.1) is 11.8 Å². The fourth-order valence-corrected chi connectivity index (χ4v) is 1.84. The summed E-state index contributed by atoms with van der Waals surface area (Å²) in [6.45, 7) is 8.45. The number of amides is 1. The Hall–Kier alpha value is -0.570. The van der Waals surface area contributed by atoms with Crippen LogP contribution in [-0.2, 0) is 4.79 Å². The molecular weight excluding hydrogens is 188 g/mol. The lowest BCUT2D eigenvalue weighted by atomic mass is 9.95. The maximum atomic E-state index is 11.7. The van der Waals surface area contributed by atoms with E-state index in [2.05, 4.69) is 31.4 Å². The van der Waals surface area contributed by atoms with Gasteiger partial charge in [-0.05, 0) is 44.7 Å². The third-order valence-corrected chi connectivity index (χ3v) is 3.26. The van der Waals surface area contributed by atoms with E-state index in [4.69, 9.17) is 0 Å². The van der Waals surface area contributed by atoms with E-state index in [-0.39, 0.29) is 11.9 Å². The maximum Gasteiger partial charge on any atom is 0.220 e. The minimum atomic E-state index is 0.213. The highest BCUT2D eigenvalue weighted by molar-refractivity contribution is 5.76. The van der Waals surface area contributed by atoms with Crippen molar-refractivity contribution < 1.29 is 4.79 Å². The molecule has 0 spiro atoms. The third kappa shape index (κ3) is 4.65. The van der Waals surface area contributed by atoms with Crippen LogP contribution in [0.15, 0.2) is 0 Å². The number of hydrogen-bond acceptors (Lipinski definition) is 2. The number of carbonyl (C=O) groups excluding carboxylic acids is 1. The highest BCUT2D eigenvalue weighted by Gasteiger charge is 2.18. The predicted molar refractivity (Wildman–Crippen MR) is 62.7 cm³/mol. The van der Waals surface area contributed by atoms with Gasteiger partial charge in [0.25, 0.3) is 0 Å². The van der Waals surface area contributed by atoms with E-state index >= 15 is 0 Å². The second kappa shape index (κ2) is 6.11. The highest BCUT2D eigenvalue weighted by Crippen LogP contribution is 2.14. The molecule has 0 aromatic heterocycles. The van der Waals surface area contributed by atoms with Crippen molar-refractivity contribution in [3.63, 3.8) is 0 Å². The lowest BCUT2D eigenvalue weighted by molar-refractivity contribution is -0.123. The van der Waals surface area contributed by atoms with Gasteiger partial charge in [0.2, 0.25) is 5.91 Å². The smallest absolute Gasteiger partial charge is 0.220 e. The Morgan fingerprint density at radius 2 is 2.20 bits per heavy atom. The van der Waals surface area contributed by atoms with E-state index < -0.39 is 0 Å². The van der Waals surface area contributed by atoms with Crippen molar-refractivity contribution >= 4 is 5.91 Å². The molecule has 1 saturated heterocycles. The van der Waals surface area contributed by atoms with Crippen molar-refractivity contribution in [2.75, 3.05) is 13.1 Å². The predicted octanol–water partition coefficient (Wildman–Crippen LogP) is 1.54. The Bertz CT molecular complexity index is 198. The van der Waals surface area contributed by atoms with Crippen molar-refractivity contribution in [1.82, 2.24) is 10.6 Å². The molecular formula is C12H24N2O. The summed E-state index contributed by atoms with van der Waals surface area (Å²) in [5, 5.41) is 6.40. The molecule has 0 radical (unpaired) electrons. The molecule has 1 aliphatic rings. The van der Waals surface area contributed by atoms with Gasteiger partial charge in [0.15, 0.2) is 0 Å². The first-order chi connectivity index (χ1) is 7.09. The van der Waals surface area contributed by atoms with E-state index in [1.165, 1.54) is 12.8 Å². The molecule has 3 heteroatoms. The normalized spacial score (nSPS) is 23.9. The van der Waals surface area contributed by atoms with Gasteiger partial charge in [0.1, 0.15) is 0 Å². The summed E-state index contributed by atoms with van der Waals surface area (Å²) < 4.78 is 0. The summed E-state index contributed by atoms with van der Waals surface area (Å²) in [5.41, 5.74) is 0. The summed E-state index contributed by atoms with van der Waals surface area (Å²) in [4.78, 5) is 11.7. The van der Waals surface area contributed by atoms with E-state index in [0.29, 0.717) is 18.3 Å². The first-order valence-corrected chi connectivity index (χ1v) is 6.09. The zero-order chi connectivity index (χ0) is 11.3. The molecule has 1 rings (SSSR count). The monoisotopic (exact) mass is 212 g/mol. The lowest BCUT2D eigenvalue weighted by Gasteiger charge is -2.24. The van der Waals surface area contributed by atoms with Crippen molar-refractivity contribution in [2.24, 2.45) is 11.8 Å². The van der Waals surface area contributed by atoms with Gasteiger partial charge in [0, 0.05) is 12.5 Å².